The van der Waals surface area contributed by atoms with Crippen LogP contribution in [0.4, 0.5) is 4.39 Å². The van der Waals surface area contributed by atoms with Crippen molar-refractivity contribution >= 4 is 39.3 Å². The van der Waals surface area contributed by atoms with E-state index in [1.807, 2.05) is 30.3 Å². The summed E-state index contributed by atoms with van der Waals surface area (Å²) in [7, 11) is 0. The van der Waals surface area contributed by atoms with Gasteiger partial charge in [0.2, 0.25) is 5.91 Å². The first kappa shape index (κ1) is 25.7. The Morgan fingerprint density at radius 1 is 1.09 bits per heavy atom. The van der Waals surface area contributed by atoms with Crippen molar-refractivity contribution in [3.05, 3.63) is 99.2 Å². The molecule has 1 N–H and O–H groups in total. The van der Waals surface area contributed by atoms with Crippen molar-refractivity contribution in [2.24, 2.45) is 0 Å². The highest BCUT2D eigenvalue weighted by atomic mass is 79.9. The highest BCUT2D eigenvalue weighted by Gasteiger charge is 2.31. The van der Waals surface area contributed by atoms with E-state index >= 15 is 0 Å². The maximum atomic E-state index is 14.5. The summed E-state index contributed by atoms with van der Waals surface area (Å²) in [6.45, 7) is 1.76. The van der Waals surface area contributed by atoms with E-state index in [1.54, 1.807) is 43.3 Å². The number of carbonyl (C=O) groups is 2. The molecule has 0 saturated heterocycles. The zero-order chi connectivity index (χ0) is 24.5. The van der Waals surface area contributed by atoms with Crippen LogP contribution in [0.1, 0.15) is 18.1 Å². The number of halogens is 3. The Hall–Kier alpha value is -2.90. The average Bonchev–Trinajstić information content (AvgIpc) is 2.82. The number of likely N-dealkylation sites (N-methyl/N-ethyl adjacent to an activating group) is 1. The molecule has 2 amide bonds. The molecule has 34 heavy (non-hydrogen) atoms. The maximum absolute atomic E-state index is 14.5. The lowest BCUT2D eigenvalue weighted by Crippen LogP contribution is -2.51. The molecule has 0 heterocycles. The quantitative estimate of drug-likeness (QED) is 0.370. The third-order valence-corrected chi connectivity index (χ3v) is 5.95. The Labute approximate surface area is 212 Å². The fourth-order valence-electron chi connectivity index (χ4n) is 3.47. The number of benzene rings is 3. The minimum atomic E-state index is -0.863. The monoisotopic (exact) mass is 546 g/mol. The topological polar surface area (TPSA) is 58.6 Å². The molecule has 178 valence electrons. The lowest BCUT2D eigenvalue weighted by atomic mass is 10.0. The second-order valence-electron chi connectivity index (χ2n) is 7.58. The second-order valence-corrected chi connectivity index (χ2v) is 8.90. The zero-order valence-corrected chi connectivity index (χ0v) is 21.0. The molecule has 0 aliphatic heterocycles. The van der Waals surface area contributed by atoms with Gasteiger partial charge in [0.25, 0.3) is 5.91 Å². The summed E-state index contributed by atoms with van der Waals surface area (Å²) < 4.78 is 21.0. The van der Waals surface area contributed by atoms with E-state index in [4.69, 9.17) is 16.3 Å². The second kappa shape index (κ2) is 12.5. The number of nitrogens with one attached hydrogen (secondary N) is 1. The molecule has 3 aromatic carbocycles. The van der Waals surface area contributed by atoms with Crippen LogP contribution in [0.15, 0.2) is 77.3 Å². The largest absolute Gasteiger partial charge is 0.482 e. The number of rotatable bonds is 10. The van der Waals surface area contributed by atoms with Gasteiger partial charge in [-0.25, -0.2) is 4.39 Å². The smallest absolute Gasteiger partial charge is 0.261 e. The first-order valence-electron chi connectivity index (χ1n) is 10.8. The molecule has 3 rings (SSSR count). The normalized spacial score (nSPS) is 11.5. The summed E-state index contributed by atoms with van der Waals surface area (Å²) >= 11 is 9.54. The third kappa shape index (κ3) is 7.05. The van der Waals surface area contributed by atoms with E-state index in [-0.39, 0.29) is 25.5 Å². The predicted octanol–water partition coefficient (Wildman–Crippen LogP) is 5.40. The lowest BCUT2D eigenvalue weighted by molar-refractivity contribution is -0.142. The Morgan fingerprint density at radius 2 is 1.79 bits per heavy atom. The van der Waals surface area contributed by atoms with Gasteiger partial charge in [0, 0.05) is 29.5 Å². The SMILES string of the molecule is CCNC(=O)[C@H](Cc1ccccc1)N(Cc1ccccc1F)C(=O)COc1ccc(Br)cc1Cl. The number of amides is 2. The number of hydrogen-bond donors (Lipinski definition) is 1. The molecule has 1 atom stereocenters. The third-order valence-electron chi connectivity index (χ3n) is 5.17. The van der Waals surface area contributed by atoms with Crippen LogP contribution in [0.25, 0.3) is 0 Å². The van der Waals surface area contributed by atoms with Crippen LogP contribution in [-0.4, -0.2) is 35.9 Å². The predicted molar refractivity (Wildman–Crippen MR) is 134 cm³/mol. The fourth-order valence-corrected chi connectivity index (χ4v) is 4.20. The summed E-state index contributed by atoms with van der Waals surface area (Å²) in [5.74, 6) is -0.902. The van der Waals surface area contributed by atoms with Gasteiger partial charge in [0.05, 0.1) is 5.02 Å². The van der Waals surface area contributed by atoms with Crippen molar-refractivity contribution in [1.29, 1.82) is 0 Å². The molecule has 0 radical (unpaired) electrons. The van der Waals surface area contributed by atoms with Gasteiger partial charge >= 0.3 is 0 Å². The summed E-state index contributed by atoms with van der Waals surface area (Å²) in [4.78, 5) is 27.8. The molecule has 8 heteroatoms. The van der Waals surface area contributed by atoms with Gasteiger partial charge in [0.1, 0.15) is 17.6 Å². The summed E-state index contributed by atoms with van der Waals surface area (Å²) in [6, 6.07) is 19.8. The van der Waals surface area contributed by atoms with Gasteiger partial charge in [-0.2, -0.15) is 0 Å². The molecular weight excluding hydrogens is 523 g/mol. The molecule has 5 nitrogen and oxygen atoms in total. The van der Waals surface area contributed by atoms with Crippen molar-refractivity contribution in [3.8, 4) is 5.75 Å². The zero-order valence-electron chi connectivity index (χ0n) is 18.6. The lowest BCUT2D eigenvalue weighted by Gasteiger charge is -2.31. The van der Waals surface area contributed by atoms with Crippen LogP contribution in [0, 0.1) is 5.82 Å². The Kier molecular flexibility index (Phi) is 9.48. The molecule has 0 aromatic heterocycles. The minimum absolute atomic E-state index is 0.0857. The standard InChI is InChI=1S/C26H25BrClFN2O3/c1-2-30-26(33)23(14-18-8-4-3-5-9-18)31(16-19-10-6-7-11-22(19)29)25(32)17-34-24-13-12-20(27)15-21(24)28/h3-13,15,23H,2,14,16-17H2,1H3,(H,30,33)/t23-/m0/s1. The van der Waals surface area contributed by atoms with Crippen LogP contribution in [0.5, 0.6) is 5.75 Å². The molecule has 0 aliphatic rings. The molecule has 0 bridgehead atoms. The van der Waals surface area contributed by atoms with Crippen molar-refractivity contribution < 1.29 is 18.7 Å². The summed E-state index contributed by atoms with van der Waals surface area (Å²) in [6.07, 6.45) is 0.270. The highest BCUT2D eigenvalue weighted by Crippen LogP contribution is 2.28. The number of ether oxygens (including phenoxy) is 1. The van der Waals surface area contributed by atoms with Gasteiger partial charge in [-0.3, -0.25) is 9.59 Å². The van der Waals surface area contributed by atoms with Gasteiger partial charge in [-0.05, 0) is 36.8 Å². The molecule has 3 aromatic rings. The van der Waals surface area contributed by atoms with Crippen molar-refractivity contribution in [2.45, 2.75) is 25.9 Å². The minimum Gasteiger partial charge on any atom is -0.482 e. The van der Waals surface area contributed by atoms with Crippen LogP contribution in [0.2, 0.25) is 5.02 Å². The molecular formula is C26H25BrClFN2O3. The van der Waals surface area contributed by atoms with Crippen LogP contribution in [-0.2, 0) is 22.6 Å². The molecule has 0 aliphatic carbocycles. The van der Waals surface area contributed by atoms with E-state index in [9.17, 15) is 14.0 Å². The Bertz CT molecular complexity index is 1130. The first-order chi connectivity index (χ1) is 16.4. The van der Waals surface area contributed by atoms with Gasteiger partial charge in [0.15, 0.2) is 6.61 Å². The van der Waals surface area contributed by atoms with Gasteiger partial charge in [-0.1, -0.05) is 76.1 Å². The van der Waals surface area contributed by atoms with E-state index in [2.05, 4.69) is 21.2 Å². The number of carbonyl (C=O) groups excluding carboxylic acids is 2. The van der Waals surface area contributed by atoms with E-state index in [1.165, 1.54) is 11.0 Å². The first-order valence-corrected chi connectivity index (χ1v) is 12.0. The Morgan fingerprint density at radius 3 is 2.47 bits per heavy atom. The molecule has 0 spiro atoms. The maximum Gasteiger partial charge on any atom is 0.261 e. The summed E-state index contributed by atoms with van der Waals surface area (Å²) in [5.41, 5.74) is 1.18. The van der Waals surface area contributed by atoms with E-state index < -0.39 is 17.8 Å². The van der Waals surface area contributed by atoms with Crippen molar-refractivity contribution in [3.63, 3.8) is 0 Å². The fraction of sp³-hybridized carbons (Fsp3) is 0.231. The Balaban J connectivity index is 1.91. The summed E-state index contributed by atoms with van der Waals surface area (Å²) in [5, 5.41) is 3.14. The van der Waals surface area contributed by atoms with Crippen LogP contribution < -0.4 is 10.1 Å². The molecule has 0 unspecified atom stereocenters. The number of hydrogen-bond acceptors (Lipinski definition) is 3. The van der Waals surface area contributed by atoms with Crippen molar-refractivity contribution in [2.75, 3.05) is 13.2 Å². The van der Waals surface area contributed by atoms with E-state index in [0.717, 1.165) is 10.0 Å². The highest BCUT2D eigenvalue weighted by molar-refractivity contribution is 9.10. The molecule has 0 saturated carbocycles. The van der Waals surface area contributed by atoms with Crippen LogP contribution in [0.3, 0.4) is 0 Å². The van der Waals surface area contributed by atoms with Gasteiger partial charge < -0.3 is 15.0 Å². The van der Waals surface area contributed by atoms with Crippen molar-refractivity contribution in [1.82, 2.24) is 10.2 Å². The molecule has 0 fully saturated rings. The average molecular weight is 548 g/mol. The van der Waals surface area contributed by atoms with Gasteiger partial charge in [-0.15, -0.1) is 0 Å². The van der Waals surface area contributed by atoms with E-state index in [0.29, 0.717) is 22.9 Å². The van der Waals surface area contributed by atoms with Crippen LogP contribution >= 0.6 is 27.5 Å². The number of nitrogens with zero attached hydrogens (tertiary/aromatic N) is 1.